The fourth-order valence-corrected chi connectivity index (χ4v) is 3.17. The van der Waals surface area contributed by atoms with Gasteiger partial charge in [-0.15, -0.1) is 0 Å². The van der Waals surface area contributed by atoms with Gasteiger partial charge in [-0.25, -0.2) is 8.78 Å². The quantitative estimate of drug-likeness (QED) is 0.921. The van der Waals surface area contributed by atoms with Crippen LogP contribution in [0.5, 0.6) is 0 Å². The van der Waals surface area contributed by atoms with Crippen molar-refractivity contribution >= 4 is 0 Å². The average Bonchev–Trinajstić information content (AvgIpc) is 2.38. The number of nitrogens with two attached hydrogens (primary N) is 1. The van der Waals surface area contributed by atoms with Gasteiger partial charge >= 0.3 is 0 Å². The molecule has 0 amide bonds. The van der Waals surface area contributed by atoms with E-state index in [9.17, 15) is 8.78 Å². The monoisotopic (exact) mass is 282 g/mol. The summed E-state index contributed by atoms with van der Waals surface area (Å²) in [6.07, 6.45) is 1.23. The zero-order chi connectivity index (χ0) is 14.9. The molecule has 4 heteroatoms. The Balaban J connectivity index is 2.06. The lowest BCUT2D eigenvalue weighted by atomic mass is 9.85. The van der Waals surface area contributed by atoms with Crippen LogP contribution in [-0.4, -0.2) is 24.0 Å². The topological polar surface area (TPSA) is 29.3 Å². The van der Waals surface area contributed by atoms with E-state index >= 15 is 0 Å². The minimum Gasteiger partial charge on any atom is -0.323 e. The van der Waals surface area contributed by atoms with Crippen LogP contribution in [0.15, 0.2) is 18.2 Å². The summed E-state index contributed by atoms with van der Waals surface area (Å²) in [7, 11) is 0. The predicted octanol–water partition coefficient (Wildman–Crippen LogP) is 3.33. The second-order valence-electron chi connectivity index (χ2n) is 6.29. The van der Waals surface area contributed by atoms with Gasteiger partial charge in [0.15, 0.2) is 11.6 Å². The fourth-order valence-electron chi connectivity index (χ4n) is 3.17. The predicted molar refractivity (Wildman–Crippen MR) is 77.3 cm³/mol. The van der Waals surface area contributed by atoms with Crippen molar-refractivity contribution in [2.75, 3.05) is 13.1 Å². The lowest BCUT2D eigenvalue weighted by molar-refractivity contribution is 0.0741. The molecule has 0 radical (unpaired) electrons. The Labute approximate surface area is 120 Å². The van der Waals surface area contributed by atoms with Crippen LogP contribution < -0.4 is 5.73 Å². The Kier molecular flexibility index (Phi) is 4.76. The van der Waals surface area contributed by atoms with E-state index in [4.69, 9.17) is 5.73 Å². The van der Waals surface area contributed by atoms with Gasteiger partial charge in [-0.2, -0.15) is 0 Å². The number of hydrogen-bond acceptors (Lipinski definition) is 2. The van der Waals surface area contributed by atoms with E-state index in [-0.39, 0.29) is 6.04 Å². The van der Waals surface area contributed by atoms with Gasteiger partial charge in [0.2, 0.25) is 0 Å². The maximum absolute atomic E-state index is 13.3. The Morgan fingerprint density at radius 3 is 2.60 bits per heavy atom. The summed E-state index contributed by atoms with van der Waals surface area (Å²) in [6, 6.07) is 4.12. The van der Waals surface area contributed by atoms with Gasteiger partial charge in [-0.3, -0.25) is 4.90 Å². The SMILES string of the molecule is CC1CC(C)C(C)N(CC(N)c2ccc(F)c(F)c2)C1. The molecule has 1 aromatic carbocycles. The van der Waals surface area contributed by atoms with Gasteiger partial charge in [0.05, 0.1) is 0 Å². The highest BCUT2D eigenvalue weighted by atomic mass is 19.2. The lowest BCUT2D eigenvalue weighted by Gasteiger charge is -2.42. The number of piperidine rings is 1. The van der Waals surface area contributed by atoms with Crippen molar-refractivity contribution in [2.24, 2.45) is 17.6 Å². The largest absolute Gasteiger partial charge is 0.323 e. The average molecular weight is 282 g/mol. The van der Waals surface area contributed by atoms with E-state index in [1.807, 2.05) is 0 Å². The third kappa shape index (κ3) is 3.36. The maximum atomic E-state index is 13.3. The van der Waals surface area contributed by atoms with E-state index in [2.05, 4.69) is 25.7 Å². The molecule has 4 unspecified atom stereocenters. The third-order valence-corrected chi connectivity index (χ3v) is 4.52. The summed E-state index contributed by atoms with van der Waals surface area (Å²) in [4.78, 5) is 2.37. The van der Waals surface area contributed by atoms with Crippen LogP contribution >= 0.6 is 0 Å². The first-order valence-corrected chi connectivity index (χ1v) is 7.33. The molecular formula is C16H24F2N2. The molecule has 2 N–H and O–H groups in total. The number of halogens is 2. The summed E-state index contributed by atoms with van der Waals surface area (Å²) in [5.41, 5.74) is 6.82. The smallest absolute Gasteiger partial charge is 0.159 e. The van der Waals surface area contributed by atoms with Crippen molar-refractivity contribution in [3.63, 3.8) is 0 Å². The minimum absolute atomic E-state index is 0.287. The number of nitrogens with zero attached hydrogens (tertiary/aromatic N) is 1. The highest BCUT2D eigenvalue weighted by molar-refractivity contribution is 5.21. The van der Waals surface area contributed by atoms with Gasteiger partial charge in [0, 0.05) is 25.2 Å². The van der Waals surface area contributed by atoms with Gasteiger partial charge in [0.1, 0.15) is 0 Å². The summed E-state index contributed by atoms with van der Waals surface area (Å²) in [5.74, 6) is -0.366. The van der Waals surface area contributed by atoms with Crippen molar-refractivity contribution in [3.05, 3.63) is 35.4 Å². The molecule has 112 valence electrons. The highest BCUT2D eigenvalue weighted by Crippen LogP contribution is 2.28. The van der Waals surface area contributed by atoms with E-state index in [1.165, 1.54) is 12.5 Å². The highest BCUT2D eigenvalue weighted by Gasteiger charge is 2.29. The molecule has 0 aliphatic carbocycles. The van der Waals surface area contributed by atoms with Crippen LogP contribution in [0.3, 0.4) is 0 Å². The van der Waals surface area contributed by atoms with E-state index < -0.39 is 11.6 Å². The molecule has 2 nitrogen and oxygen atoms in total. The Hall–Kier alpha value is -1.00. The number of rotatable bonds is 3. The first-order valence-electron chi connectivity index (χ1n) is 7.33. The molecule has 4 atom stereocenters. The normalized spacial score (nSPS) is 29.4. The molecule has 1 aliphatic rings. The van der Waals surface area contributed by atoms with Crippen LogP contribution in [0.25, 0.3) is 0 Å². The molecule has 1 fully saturated rings. The standard InChI is InChI=1S/C16H24F2N2/c1-10-6-11(2)12(3)20(8-10)9-16(19)13-4-5-14(17)15(18)7-13/h4-5,7,10-12,16H,6,8-9,19H2,1-3H3. The summed E-state index contributed by atoms with van der Waals surface area (Å²) in [6.45, 7) is 8.42. The van der Waals surface area contributed by atoms with Crippen LogP contribution in [-0.2, 0) is 0 Å². The Bertz CT molecular complexity index is 464. The van der Waals surface area contributed by atoms with Crippen molar-refractivity contribution in [1.82, 2.24) is 4.90 Å². The summed E-state index contributed by atoms with van der Waals surface area (Å²) >= 11 is 0. The number of likely N-dealkylation sites (tertiary alicyclic amines) is 1. The zero-order valence-electron chi connectivity index (χ0n) is 12.4. The van der Waals surface area contributed by atoms with Crippen molar-refractivity contribution in [1.29, 1.82) is 0 Å². The van der Waals surface area contributed by atoms with E-state index in [0.717, 1.165) is 12.6 Å². The van der Waals surface area contributed by atoms with E-state index in [0.29, 0.717) is 30.0 Å². The molecule has 1 heterocycles. The van der Waals surface area contributed by atoms with E-state index in [1.54, 1.807) is 6.07 Å². The number of benzene rings is 1. The second-order valence-corrected chi connectivity index (χ2v) is 6.29. The van der Waals surface area contributed by atoms with Gasteiger partial charge in [-0.1, -0.05) is 19.9 Å². The van der Waals surface area contributed by atoms with Crippen LogP contribution in [0, 0.1) is 23.5 Å². The van der Waals surface area contributed by atoms with Crippen LogP contribution in [0.4, 0.5) is 8.78 Å². The van der Waals surface area contributed by atoms with Gasteiger partial charge < -0.3 is 5.73 Å². The van der Waals surface area contributed by atoms with Crippen LogP contribution in [0.1, 0.15) is 38.8 Å². The molecular weight excluding hydrogens is 258 g/mol. The Morgan fingerprint density at radius 1 is 1.25 bits per heavy atom. The minimum atomic E-state index is -0.827. The summed E-state index contributed by atoms with van der Waals surface area (Å²) < 4.78 is 26.2. The molecule has 0 saturated carbocycles. The lowest BCUT2D eigenvalue weighted by Crippen LogP contribution is -2.48. The van der Waals surface area contributed by atoms with Gasteiger partial charge in [0.25, 0.3) is 0 Å². The Morgan fingerprint density at radius 2 is 1.95 bits per heavy atom. The molecule has 2 rings (SSSR count). The molecule has 0 bridgehead atoms. The van der Waals surface area contributed by atoms with Crippen molar-refractivity contribution < 1.29 is 8.78 Å². The molecule has 0 spiro atoms. The molecule has 1 aromatic rings. The van der Waals surface area contributed by atoms with Crippen LogP contribution in [0.2, 0.25) is 0 Å². The first-order chi connectivity index (χ1) is 9.38. The number of hydrogen-bond donors (Lipinski definition) is 1. The zero-order valence-corrected chi connectivity index (χ0v) is 12.4. The van der Waals surface area contributed by atoms with Crippen molar-refractivity contribution in [3.8, 4) is 0 Å². The fraction of sp³-hybridized carbons (Fsp3) is 0.625. The van der Waals surface area contributed by atoms with Gasteiger partial charge in [-0.05, 0) is 42.9 Å². The molecule has 0 aromatic heterocycles. The maximum Gasteiger partial charge on any atom is 0.159 e. The summed E-state index contributed by atoms with van der Waals surface area (Å²) in [5, 5.41) is 0. The van der Waals surface area contributed by atoms with Crippen molar-refractivity contribution in [2.45, 2.75) is 39.3 Å². The molecule has 1 saturated heterocycles. The third-order valence-electron chi connectivity index (χ3n) is 4.52. The second kappa shape index (κ2) is 6.19. The molecule has 20 heavy (non-hydrogen) atoms. The first kappa shape index (κ1) is 15.4. The molecule has 1 aliphatic heterocycles.